The summed E-state index contributed by atoms with van der Waals surface area (Å²) in [4.78, 5) is 15.4. The average molecular weight is 378 g/mol. The maximum atomic E-state index is 13.0. The Morgan fingerprint density at radius 1 is 1.07 bits per heavy atom. The fourth-order valence-corrected chi connectivity index (χ4v) is 4.77. The number of hydrogen-bond donors (Lipinski definition) is 3. The molecule has 2 saturated carbocycles. The highest BCUT2D eigenvalue weighted by Crippen LogP contribution is 2.54. The first-order valence-electron chi connectivity index (χ1n) is 10.0. The van der Waals surface area contributed by atoms with Gasteiger partial charge in [0.1, 0.15) is 0 Å². The van der Waals surface area contributed by atoms with Crippen LogP contribution >= 0.6 is 0 Å². The van der Waals surface area contributed by atoms with Crippen molar-refractivity contribution in [3.63, 3.8) is 0 Å². The van der Waals surface area contributed by atoms with Crippen LogP contribution in [0, 0.1) is 5.41 Å². The van der Waals surface area contributed by atoms with Crippen LogP contribution in [0.3, 0.4) is 0 Å². The lowest BCUT2D eigenvalue weighted by Gasteiger charge is -2.28. The number of benzene rings is 2. The molecule has 0 radical (unpaired) electrons. The molecule has 1 aliphatic heterocycles. The molecule has 146 valence electrons. The van der Waals surface area contributed by atoms with E-state index in [1.165, 1.54) is 36.2 Å². The number of phenolic OH excluding ortho intramolecular Hbond substituents is 2. The molecule has 1 unspecified atom stereocenters. The maximum Gasteiger partial charge on any atom is 0.235 e. The van der Waals surface area contributed by atoms with E-state index in [0.717, 1.165) is 30.5 Å². The molecule has 1 heterocycles. The Morgan fingerprint density at radius 3 is 2.46 bits per heavy atom. The number of rotatable bonds is 4. The number of fused-ring (bicyclic) bond motifs is 1. The van der Waals surface area contributed by atoms with Crippen molar-refractivity contribution in [3.05, 3.63) is 47.5 Å². The minimum Gasteiger partial charge on any atom is -0.504 e. The van der Waals surface area contributed by atoms with Crippen molar-refractivity contribution in [1.82, 2.24) is 0 Å². The van der Waals surface area contributed by atoms with Gasteiger partial charge >= 0.3 is 0 Å². The molecular formula is C23H26N2O3. The van der Waals surface area contributed by atoms with Crippen LogP contribution in [0.15, 0.2) is 36.4 Å². The summed E-state index contributed by atoms with van der Waals surface area (Å²) in [6.45, 7) is 2.37. The number of anilines is 2. The van der Waals surface area contributed by atoms with E-state index in [0.29, 0.717) is 11.5 Å². The highest BCUT2D eigenvalue weighted by atomic mass is 16.3. The van der Waals surface area contributed by atoms with Gasteiger partial charge in [-0.25, -0.2) is 0 Å². The molecule has 28 heavy (non-hydrogen) atoms. The van der Waals surface area contributed by atoms with Crippen molar-refractivity contribution in [1.29, 1.82) is 0 Å². The normalized spacial score (nSPS) is 23.2. The monoisotopic (exact) mass is 378 g/mol. The van der Waals surface area contributed by atoms with E-state index < -0.39 is 5.41 Å². The predicted octanol–water partition coefficient (Wildman–Crippen LogP) is 3.93. The Balaban J connectivity index is 1.36. The number of carbonyl (C=O) groups is 1. The lowest BCUT2D eigenvalue weighted by atomic mass is 9.94. The number of nitrogens with zero attached hydrogens (tertiary/aromatic N) is 1. The number of hydrogen-bond acceptors (Lipinski definition) is 4. The van der Waals surface area contributed by atoms with Crippen molar-refractivity contribution >= 4 is 17.3 Å². The molecule has 5 rings (SSSR count). The second kappa shape index (κ2) is 5.66. The van der Waals surface area contributed by atoms with Gasteiger partial charge in [0.25, 0.3) is 0 Å². The van der Waals surface area contributed by atoms with Gasteiger partial charge in [-0.05, 0) is 79.0 Å². The van der Waals surface area contributed by atoms with Crippen molar-refractivity contribution in [2.75, 3.05) is 17.3 Å². The minimum atomic E-state index is -0.606. The number of aromatic hydroxyl groups is 2. The standard InChI is InChI=1S/C23H26N2O3/c1-22(7-8-22)20-12-14-11-16(4-5-17(14)25(20)2)24-21(28)23(9-10-23)15-3-6-18(26)19(27)13-15/h3-6,11,13,20,26-27H,7-10,12H2,1-2H3,(H,24,28). The fraction of sp³-hybridized carbons (Fsp3) is 0.435. The number of nitrogens with one attached hydrogen (secondary N) is 1. The number of carbonyl (C=O) groups excluding carboxylic acids is 1. The summed E-state index contributed by atoms with van der Waals surface area (Å²) in [7, 11) is 2.18. The molecule has 0 aromatic heterocycles. The van der Waals surface area contributed by atoms with Crippen molar-refractivity contribution < 1.29 is 15.0 Å². The summed E-state index contributed by atoms with van der Waals surface area (Å²) in [5.74, 6) is -0.395. The second-order valence-corrected chi connectivity index (χ2v) is 9.07. The van der Waals surface area contributed by atoms with Gasteiger partial charge in [-0.15, -0.1) is 0 Å². The number of amides is 1. The Morgan fingerprint density at radius 2 is 1.82 bits per heavy atom. The zero-order valence-electron chi connectivity index (χ0n) is 16.3. The van der Waals surface area contributed by atoms with Gasteiger partial charge in [0.15, 0.2) is 11.5 Å². The summed E-state index contributed by atoms with van der Waals surface area (Å²) in [5.41, 5.74) is 3.96. The van der Waals surface area contributed by atoms with Gasteiger partial charge in [-0.1, -0.05) is 13.0 Å². The third-order valence-electron chi connectivity index (χ3n) is 7.15. The fourth-order valence-electron chi connectivity index (χ4n) is 4.77. The van der Waals surface area contributed by atoms with Gasteiger partial charge in [-0.3, -0.25) is 4.79 Å². The molecule has 3 aliphatic rings. The molecule has 3 N–H and O–H groups in total. The highest BCUT2D eigenvalue weighted by Gasteiger charge is 2.52. The van der Waals surface area contributed by atoms with Gasteiger partial charge in [0.2, 0.25) is 5.91 Å². The molecule has 2 fully saturated rings. The van der Waals surface area contributed by atoms with E-state index in [1.807, 2.05) is 6.07 Å². The van der Waals surface area contributed by atoms with Gasteiger partial charge in [0.05, 0.1) is 5.41 Å². The van der Waals surface area contributed by atoms with Crippen molar-refractivity contribution in [3.8, 4) is 11.5 Å². The van der Waals surface area contributed by atoms with Crippen molar-refractivity contribution in [2.45, 2.75) is 50.5 Å². The molecule has 2 aromatic rings. The first-order valence-corrected chi connectivity index (χ1v) is 10.0. The lowest BCUT2D eigenvalue weighted by Crippen LogP contribution is -2.35. The lowest BCUT2D eigenvalue weighted by molar-refractivity contribution is -0.118. The molecule has 5 heteroatoms. The van der Waals surface area contributed by atoms with Crippen LogP contribution in [0.4, 0.5) is 11.4 Å². The van der Waals surface area contributed by atoms with Crippen LogP contribution in [0.1, 0.15) is 43.7 Å². The van der Waals surface area contributed by atoms with Crippen molar-refractivity contribution in [2.24, 2.45) is 5.41 Å². The van der Waals surface area contributed by atoms with Crippen LogP contribution in [0.2, 0.25) is 0 Å². The van der Waals surface area contributed by atoms with Crippen LogP contribution in [0.25, 0.3) is 0 Å². The van der Waals surface area contributed by atoms with E-state index in [4.69, 9.17) is 0 Å². The molecule has 0 saturated heterocycles. The smallest absolute Gasteiger partial charge is 0.235 e. The van der Waals surface area contributed by atoms with E-state index in [2.05, 4.69) is 36.3 Å². The first kappa shape index (κ1) is 17.4. The second-order valence-electron chi connectivity index (χ2n) is 9.07. The zero-order chi connectivity index (χ0) is 19.7. The van der Waals surface area contributed by atoms with Gasteiger partial charge in [-0.2, -0.15) is 0 Å². The quantitative estimate of drug-likeness (QED) is 0.705. The Bertz CT molecular complexity index is 976. The summed E-state index contributed by atoms with van der Waals surface area (Å²) in [6.07, 6.45) is 5.11. The SMILES string of the molecule is CN1c2ccc(NC(=O)C3(c4ccc(O)c(O)c4)CC3)cc2CC1C1(C)CC1. The van der Waals surface area contributed by atoms with Gasteiger partial charge < -0.3 is 20.4 Å². The Kier molecular flexibility index (Phi) is 3.52. The van der Waals surface area contributed by atoms with Crippen LogP contribution in [-0.4, -0.2) is 29.2 Å². The maximum absolute atomic E-state index is 13.0. The summed E-state index contributed by atoms with van der Waals surface area (Å²) >= 11 is 0. The Hall–Kier alpha value is -2.69. The summed E-state index contributed by atoms with van der Waals surface area (Å²) < 4.78 is 0. The van der Waals surface area contributed by atoms with E-state index in [9.17, 15) is 15.0 Å². The summed E-state index contributed by atoms with van der Waals surface area (Å²) in [6, 6.07) is 11.4. The molecule has 1 amide bonds. The summed E-state index contributed by atoms with van der Waals surface area (Å²) in [5, 5.41) is 22.4. The van der Waals surface area contributed by atoms with Crippen LogP contribution in [0.5, 0.6) is 11.5 Å². The Labute approximate surface area is 165 Å². The molecule has 2 aromatic carbocycles. The molecule has 1 atom stereocenters. The molecule has 5 nitrogen and oxygen atoms in total. The van der Waals surface area contributed by atoms with Crippen LogP contribution in [-0.2, 0) is 16.6 Å². The van der Waals surface area contributed by atoms with E-state index >= 15 is 0 Å². The van der Waals surface area contributed by atoms with E-state index in [1.54, 1.807) is 6.07 Å². The molecule has 0 bridgehead atoms. The number of likely N-dealkylation sites (N-methyl/N-ethyl adjacent to an activating group) is 1. The molecular weight excluding hydrogens is 352 g/mol. The number of phenols is 2. The highest BCUT2D eigenvalue weighted by molar-refractivity contribution is 6.01. The molecule has 2 aliphatic carbocycles. The minimum absolute atomic E-state index is 0.0467. The first-order chi connectivity index (χ1) is 13.3. The zero-order valence-corrected chi connectivity index (χ0v) is 16.3. The third kappa shape index (κ3) is 2.56. The van der Waals surface area contributed by atoms with Crippen LogP contribution < -0.4 is 10.2 Å². The topological polar surface area (TPSA) is 72.8 Å². The predicted molar refractivity (Wildman–Crippen MR) is 109 cm³/mol. The third-order valence-corrected chi connectivity index (χ3v) is 7.15. The average Bonchev–Trinajstić information content (AvgIpc) is 3.58. The van der Waals surface area contributed by atoms with Gasteiger partial charge in [0, 0.05) is 24.5 Å². The molecule has 0 spiro atoms. The largest absolute Gasteiger partial charge is 0.504 e. The van der Waals surface area contributed by atoms with E-state index in [-0.39, 0.29) is 17.4 Å².